The Labute approximate surface area is 114 Å². The van der Waals surface area contributed by atoms with Crippen molar-refractivity contribution in [3.63, 3.8) is 0 Å². The fraction of sp³-hybridized carbons (Fsp3) is 0.417. The van der Waals surface area contributed by atoms with Crippen molar-refractivity contribution in [2.24, 2.45) is 0 Å². The van der Waals surface area contributed by atoms with Crippen LogP contribution in [0.25, 0.3) is 5.78 Å². The van der Waals surface area contributed by atoms with Gasteiger partial charge in [0.1, 0.15) is 12.0 Å². The topological polar surface area (TPSA) is 95.7 Å². The fourth-order valence-electron chi connectivity index (χ4n) is 1.89. The molecule has 20 heavy (non-hydrogen) atoms. The van der Waals surface area contributed by atoms with Crippen LogP contribution in [0, 0.1) is 13.8 Å². The lowest BCUT2D eigenvalue weighted by Gasteiger charge is -2.07. The van der Waals surface area contributed by atoms with E-state index in [9.17, 15) is 9.59 Å². The lowest BCUT2D eigenvalue weighted by atomic mass is 10.2. The van der Waals surface area contributed by atoms with Crippen LogP contribution >= 0.6 is 0 Å². The number of aryl methyl sites for hydroxylation is 2. The predicted molar refractivity (Wildman–Crippen MR) is 67.3 cm³/mol. The largest absolute Gasteiger partial charge is 0.469 e. The number of carbonyl (C=O) groups is 2. The Morgan fingerprint density at radius 2 is 1.85 bits per heavy atom. The van der Waals surface area contributed by atoms with Crippen molar-refractivity contribution < 1.29 is 19.1 Å². The monoisotopic (exact) mass is 278 g/mol. The Bertz CT molecular complexity index is 692. The molecular formula is C12H14N4O4. The predicted octanol–water partition coefficient (Wildman–Crippen LogP) is 0.243. The first-order chi connectivity index (χ1) is 9.47. The maximum Gasteiger partial charge on any atom is 0.341 e. The van der Waals surface area contributed by atoms with Gasteiger partial charge in [-0.15, -0.1) is 5.10 Å². The molecule has 0 aliphatic carbocycles. The summed E-state index contributed by atoms with van der Waals surface area (Å²) >= 11 is 0. The summed E-state index contributed by atoms with van der Waals surface area (Å²) in [5, 5.41) is 4.15. The van der Waals surface area contributed by atoms with Crippen molar-refractivity contribution in [3.8, 4) is 0 Å². The maximum atomic E-state index is 11.7. The van der Waals surface area contributed by atoms with Gasteiger partial charge in [-0.2, -0.15) is 4.98 Å². The van der Waals surface area contributed by atoms with E-state index in [2.05, 4.69) is 19.8 Å². The molecule has 0 spiro atoms. The lowest BCUT2D eigenvalue weighted by molar-refractivity contribution is -0.139. The van der Waals surface area contributed by atoms with Crippen molar-refractivity contribution >= 4 is 17.7 Å². The van der Waals surface area contributed by atoms with Crippen molar-refractivity contribution in [2.75, 3.05) is 14.2 Å². The second kappa shape index (κ2) is 5.24. The van der Waals surface area contributed by atoms with Gasteiger partial charge in [-0.1, -0.05) is 0 Å². The molecule has 2 aromatic heterocycles. The van der Waals surface area contributed by atoms with Gasteiger partial charge in [0.05, 0.1) is 25.6 Å². The molecule has 8 heteroatoms. The molecule has 0 aliphatic rings. The van der Waals surface area contributed by atoms with Crippen molar-refractivity contribution in [1.82, 2.24) is 19.6 Å². The van der Waals surface area contributed by atoms with Crippen LogP contribution in [0.4, 0.5) is 0 Å². The zero-order chi connectivity index (χ0) is 14.9. The number of fused-ring (bicyclic) bond motifs is 1. The van der Waals surface area contributed by atoms with E-state index in [0.29, 0.717) is 22.7 Å². The van der Waals surface area contributed by atoms with Gasteiger partial charge in [-0.25, -0.2) is 14.3 Å². The minimum atomic E-state index is -0.487. The third-order valence-corrected chi connectivity index (χ3v) is 2.86. The molecule has 0 atom stereocenters. The van der Waals surface area contributed by atoms with Crippen molar-refractivity contribution in [2.45, 2.75) is 20.3 Å². The highest BCUT2D eigenvalue weighted by Crippen LogP contribution is 2.14. The van der Waals surface area contributed by atoms with Gasteiger partial charge in [-0.3, -0.25) is 4.79 Å². The Morgan fingerprint density at radius 3 is 2.45 bits per heavy atom. The average Bonchev–Trinajstić information content (AvgIpc) is 2.80. The van der Waals surface area contributed by atoms with Crippen LogP contribution in [0.2, 0.25) is 0 Å². The van der Waals surface area contributed by atoms with E-state index in [1.54, 1.807) is 13.8 Å². The SMILES string of the molecule is COC(=O)Cc1nc2nc(C)c(C(=O)OC)c(C)n2n1. The van der Waals surface area contributed by atoms with Gasteiger partial charge in [0.2, 0.25) is 0 Å². The van der Waals surface area contributed by atoms with E-state index in [-0.39, 0.29) is 12.2 Å². The minimum absolute atomic E-state index is 0.0497. The summed E-state index contributed by atoms with van der Waals surface area (Å²) in [6, 6.07) is 0. The third-order valence-electron chi connectivity index (χ3n) is 2.86. The molecule has 0 fully saturated rings. The molecule has 0 bridgehead atoms. The summed E-state index contributed by atoms with van der Waals surface area (Å²) in [5.41, 5.74) is 1.40. The standard InChI is InChI=1S/C12H14N4O4/c1-6-10(11(18)20-4)7(2)16-12(13-6)14-8(15-16)5-9(17)19-3/h5H2,1-4H3. The van der Waals surface area contributed by atoms with E-state index in [1.807, 2.05) is 0 Å². The molecule has 0 N–H and O–H groups in total. The number of nitrogens with zero attached hydrogens (tertiary/aromatic N) is 4. The molecular weight excluding hydrogens is 264 g/mol. The van der Waals surface area contributed by atoms with Crippen LogP contribution in [0.5, 0.6) is 0 Å². The average molecular weight is 278 g/mol. The summed E-state index contributed by atoms with van der Waals surface area (Å²) in [6.45, 7) is 3.40. The normalized spacial score (nSPS) is 10.6. The zero-order valence-electron chi connectivity index (χ0n) is 11.6. The van der Waals surface area contributed by atoms with Crippen LogP contribution in [-0.2, 0) is 20.7 Å². The van der Waals surface area contributed by atoms with Crippen molar-refractivity contribution in [3.05, 3.63) is 22.8 Å². The van der Waals surface area contributed by atoms with Gasteiger partial charge in [0.25, 0.3) is 5.78 Å². The number of methoxy groups -OCH3 is 2. The Balaban J connectivity index is 2.55. The van der Waals surface area contributed by atoms with E-state index in [1.165, 1.54) is 18.7 Å². The van der Waals surface area contributed by atoms with Crippen molar-refractivity contribution in [1.29, 1.82) is 0 Å². The number of ether oxygens (including phenoxy) is 2. The quantitative estimate of drug-likeness (QED) is 0.742. The number of aromatic nitrogens is 4. The Morgan fingerprint density at radius 1 is 1.15 bits per heavy atom. The number of carbonyl (C=O) groups excluding carboxylic acids is 2. The molecule has 2 heterocycles. The molecule has 0 aromatic carbocycles. The fourth-order valence-corrected chi connectivity index (χ4v) is 1.89. The van der Waals surface area contributed by atoms with Gasteiger partial charge < -0.3 is 9.47 Å². The first-order valence-corrected chi connectivity index (χ1v) is 5.86. The smallest absolute Gasteiger partial charge is 0.341 e. The number of hydrogen-bond donors (Lipinski definition) is 0. The number of rotatable bonds is 3. The highest BCUT2D eigenvalue weighted by Gasteiger charge is 2.20. The van der Waals surface area contributed by atoms with E-state index < -0.39 is 11.9 Å². The first kappa shape index (κ1) is 13.9. The van der Waals surface area contributed by atoms with Crippen LogP contribution in [0.15, 0.2) is 0 Å². The molecule has 8 nitrogen and oxygen atoms in total. The first-order valence-electron chi connectivity index (χ1n) is 5.86. The molecule has 106 valence electrons. The second-order valence-corrected chi connectivity index (χ2v) is 4.14. The highest BCUT2D eigenvalue weighted by atomic mass is 16.5. The van der Waals surface area contributed by atoms with Crippen LogP contribution in [0.3, 0.4) is 0 Å². The second-order valence-electron chi connectivity index (χ2n) is 4.14. The van der Waals surface area contributed by atoms with Crippen LogP contribution in [-0.4, -0.2) is 45.7 Å². The summed E-state index contributed by atoms with van der Waals surface area (Å²) in [5.74, 6) is -0.316. The van der Waals surface area contributed by atoms with E-state index in [4.69, 9.17) is 4.74 Å². The van der Waals surface area contributed by atoms with Gasteiger partial charge in [0.15, 0.2) is 5.82 Å². The molecule has 0 radical (unpaired) electrons. The third kappa shape index (κ3) is 2.31. The van der Waals surface area contributed by atoms with Gasteiger partial charge >= 0.3 is 11.9 Å². The molecule has 0 aliphatic heterocycles. The lowest BCUT2D eigenvalue weighted by Crippen LogP contribution is -2.12. The summed E-state index contributed by atoms with van der Waals surface area (Å²) in [4.78, 5) is 31.3. The molecule has 2 rings (SSSR count). The zero-order valence-corrected chi connectivity index (χ0v) is 11.6. The molecule has 0 amide bonds. The van der Waals surface area contributed by atoms with E-state index >= 15 is 0 Å². The Kier molecular flexibility index (Phi) is 3.64. The molecule has 0 unspecified atom stereocenters. The number of hydrogen-bond acceptors (Lipinski definition) is 7. The summed E-state index contributed by atoms with van der Waals surface area (Å²) in [6.07, 6.45) is -0.0497. The van der Waals surface area contributed by atoms with Crippen LogP contribution < -0.4 is 0 Å². The van der Waals surface area contributed by atoms with Gasteiger partial charge in [-0.05, 0) is 13.8 Å². The van der Waals surface area contributed by atoms with E-state index in [0.717, 1.165) is 0 Å². The minimum Gasteiger partial charge on any atom is -0.469 e. The Hall–Kier alpha value is -2.51. The molecule has 2 aromatic rings. The van der Waals surface area contributed by atoms with Crippen LogP contribution in [0.1, 0.15) is 27.6 Å². The summed E-state index contributed by atoms with van der Waals surface area (Å²) < 4.78 is 10.7. The highest BCUT2D eigenvalue weighted by molar-refractivity contribution is 5.91. The summed E-state index contributed by atoms with van der Waals surface area (Å²) in [7, 11) is 2.59. The van der Waals surface area contributed by atoms with Gasteiger partial charge in [0, 0.05) is 0 Å². The maximum absolute atomic E-state index is 11.7. The molecule has 0 saturated carbocycles. The molecule has 0 saturated heterocycles. The number of esters is 2.